The Labute approximate surface area is 204 Å². The Morgan fingerprint density at radius 1 is 0.971 bits per heavy atom. The van der Waals surface area contributed by atoms with Crippen LogP contribution in [0.1, 0.15) is 48.9 Å². The van der Waals surface area contributed by atoms with E-state index in [4.69, 9.17) is 0 Å². The van der Waals surface area contributed by atoms with Gasteiger partial charge in [-0.15, -0.1) is 0 Å². The number of nitrogens with one attached hydrogen (secondary N) is 1. The van der Waals surface area contributed by atoms with Gasteiger partial charge in [0.15, 0.2) is 0 Å². The molecule has 8 heteroatoms. The fourth-order valence-corrected chi connectivity index (χ4v) is 4.55. The molecule has 7 nitrogen and oxygen atoms in total. The molecular formula is C26H37N3O4S. The lowest BCUT2D eigenvalue weighted by Crippen LogP contribution is -2.51. The van der Waals surface area contributed by atoms with Crippen molar-refractivity contribution in [2.75, 3.05) is 23.7 Å². The molecule has 0 saturated heterocycles. The van der Waals surface area contributed by atoms with Gasteiger partial charge in [-0.25, -0.2) is 8.42 Å². The van der Waals surface area contributed by atoms with Crippen LogP contribution in [0.3, 0.4) is 0 Å². The van der Waals surface area contributed by atoms with Crippen LogP contribution in [-0.2, 0) is 26.2 Å². The van der Waals surface area contributed by atoms with Crippen LogP contribution in [0.25, 0.3) is 0 Å². The number of anilines is 1. The largest absolute Gasteiger partial charge is 0.354 e. The lowest BCUT2D eigenvalue weighted by molar-refractivity contribution is -0.139. The molecule has 2 rings (SSSR count). The highest BCUT2D eigenvalue weighted by Crippen LogP contribution is 2.22. The van der Waals surface area contributed by atoms with Gasteiger partial charge in [0.25, 0.3) is 0 Å². The summed E-state index contributed by atoms with van der Waals surface area (Å²) < 4.78 is 26.4. The highest BCUT2D eigenvalue weighted by Gasteiger charge is 2.30. The highest BCUT2D eigenvalue weighted by atomic mass is 32.2. The quantitative estimate of drug-likeness (QED) is 0.490. The molecule has 0 spiro atoms. The lowest BCUT2D eigenvalue weighted by atomic mass is 10.1. The fourth-order valence-electron chi connectivity index (χ4n) is 3.72. The van der Waals surface area contributed by atoms with Gasteiger partial charge in [-0.2, -0.15) is 0 Å². The second-order valence-electron chi connectivity index (χ2n) is 8.94. The molecule has 1 unspecified atom stereocenters. The normalized spacial score (nSPS) is 12.2. The minimum absolute atomic E-state index is 0.200. The second kappa shape index (κ2) is 12.0. The summed E-state index contributed by atoms with van der Waals surface area (Å²) in [6.45, 7) is 9.79. The second-order valence-corrected chi connectivity index (χ2v) is 10.9. The van der Waals surface area contributed by atoms with Gasteiger partial charge < -0.3 is 10.2 Å². The molecule has 2 aromatic carbocycles. The molecule has 1 N–H and O–H groups in total. The maximum Gasteiger partial charge on any atom is 0.244 e. The Morgan fingerprint density at radius 2 is 1.56 bits per heavy atom. The summed E-state index contributed by atoms with van der Waals surface area (Å²) in [7, 11) is -3.74. The summed E-state index contributed by atoms with van der Waals surface area (Å²) >= 11 is 0. The first-order chi connectivity index (χ1) is 15.9. The molecule has 0 heterocycles. The molecule has 1 atom stereocenters. The van der Waals surface area contributed by atoms with Gasteiger partial charge in [-0.3, -0.25) is 13.9 Å². The number of benzene rings is 2. The molecule has 2 aromatic rings. The summed E-state index contributed by atoms with van der Waals surface area (Å²) in [6, 6.07) is 12.4. The van der Waals surface area contributed by atoms with E-state index in [-0.39, 0.29) is 19.0 Å². The molecule has 0 aliphatic rings. The third-order valence-corrected chi connectivity index (χ3v) is 6.78. The van der Waals surface area contributed by atoms with Crippen LogP contribution >= 0.6 is 0 Å². The third kappa shape index (κ3) is 7.87. The van der Waals surface area contributed by atoms with Crippen LogP contribution in [0.15, 0.2) is 42.5 Å². The maximum absolute atomic E-state index is 13.5. The van der Waals surface area contributed by atoms with E-state index in [0.717, 1.165) is 45.7 Å². The van der Waals surface area contributed by atoms with E-state index in [2.05, 4.69) is 5.32 Å². The molecule has 0 bridgehead atoms. The van der Waals surface area contributed by atoms with Gasteiger partial charge >= 0.3 is 0 Å². The van der Waals surface area contributed by atoms with Crippen LogP contribution in [-0.4, -0.2) is 50.5 Å². The molecule has 0 aliphatic heterocycles. The number of carbonyl (C=O) groups excluding carboxylic acids is 2. The van der Waals surface area contributed by atoms with Gasteiger partial charge in [-0.05, 0) is 62.9 Å². The molecule has 0 aliphatic carbocycles. The van der Waals surface area contributed by atoms with E-state index in [9.17, 15) is 18.0 Å². The molecule has 0 fully saturated rings. The number of hydrogen-bond acceptors (Lipinski definition) is 4. The topological polar surface area (TPSA) is 86.8 Å². The lowest BCUT2D eigenvalue weighted by Gasteiger charge is -2.31. The number of nitrogens with zero attached hydrogens (tertiary/aromatic N) is 2. The fraction of sp³-hybridized carbons (Fsp3) is 0.462. The standard InChI is InChI=1S/C26H37N3O4S/c1-7-8-13-27-26(31)22(5)28(17-23-11-9-19(2)10-12-23)25(30)18-29(34(6,32)33)24-15-20(3)14-21(4)16-24/h9-12,14-16,22H,7-8,13,17-18H2,1-6H3,(H,27,31). The van der Waals surface area contributed by atoms with Crippen LogP contribution in [0, 0.1) is 20.8 Å². The van der Waals surface area contributed by atoms with E-state index in [1.165, 1.54) is 4.90 Å². The summed E-state index contributed by atoms with van der Waals surface area (Å²) in [5.74, 6) is -0.700. The first-order valence-electron chi connectivity index (χ1n) is 11.6. The zero-order valence-corrected chi connectivity index (χ0v) is 21.9. The smallest absolute Gasteiger partial charge is 0.244 e. The molecule has 186 valence electrons. The summed E-state index contributed by atoms with van der Waals surface area (Å²) in [5, 5.41) is 2.88. The molecule has 0 radical (unpaired) electrons. The van der Waals surface area contributed by atoms with Crippen LogP contribution in [0.2, 0.25) is 0 Å². The maximum atomic E-state index is 13.5. The minimum Gasteiger partial charge on any atom is -0.354 e. The minimum atomic E-state index is -3.74. The molecule has 34 heavy (non-hydrogen) atoms. The van der Waals surface area contributed by atoms with Crippen molar-refractivity contribution in [2.24, 2.45) is 0 Å². The van der Waals surface area contributed by atoms with E-state index in [1.54, 1.807) is 19.1 Å². The first kappa shape index (κ1) is 27.4. The van der Waals surface area contributed by atoms with Crippen molar-refractivity contribution >= 4 is 27.5 Å². The van der Waals surface area contributed by atoms with E-state index >= 15 is 0 Å². The van der Waals surface area contributed by atoms with Crippen LogP contribution in [0.5, 0.6) is 0 Å². The number of aryl methyl sites for hydroxylation is 3. The van der Waals surface area contributed by atoms with E-state index < -0.39 is 22.0 Å². The Bertz CT molecular complexity index is 1080. The predicted molar refractivity (Wildman–Crippen MR) is 137 cm³/mol. The van der Waals surface area contributed by atoms with Crippen molar-refractivity contribution in [3.05, 3.63) is 64.7 Å². The zero-order chi connectivity index (χ0) is 25.5. The van der Waals surface area contributed by atoms with Gasteiger partial charge in [0, 0.05) is 13.1 Å². The Hall–Kier alpha value is -2.87. The van der Waals surface area contributed by atoms with Gasteiger partial charge in [0.05, 0.1) is 11.9 Å². The van der Waals surface area contributed by atoms with Crippen molar-refractivity contribution in [1.29, 1.82) is 0 Å². The van der Waals surface area contributed by atoms with E-state index in [0.29, 0.717) is 12.2 Å². The van der Waals surface area contributed by atoms with Gasteiger partial charge in [0.2, 0.25) is 21.8 Å². The molecular weight excluding hydrogens is 450 g/mol. The average Bonchev–Trinajstić information content (AvgIpc) is 2.75. The van der Waals surface area contributed by atoms with Crippen molar-refractivity contribution in [3.8, 4) is 0 Å². The van der Waals surface area contributed by atoms with Gasteiger partial charge in [0.1, 0.15) is 12.6 Å². The number of amides is 2. The average molecular weight is 488 g/mol. The Morgan fingerprint density at radius 3 is 2.09 bits per heavy atom. The Balaban J connectivity index is 2.37. The van der Waals surface area contributed by atoms with Crippen molar-refractivity contribution < 1.29 is 18.0 Å². The number of rotatable bonds is 11. The number of hydrogen-bond donors (Lipinski definition) is 1. The van der Waals surface area contributed by atoms with E-state index in [1.807, 2.05) is 58.0 Å². The highest BCUT2D eigenvalue weighted by molar-refractivity contribution is 7.92. The van der Waals surface area contributed by atoms with Crippen molar-refractivity contribution in [3.63, 3.8) is 0 Å². The number of unbranched alkanes of at least 4 members (excludes halogenated alkanes) is 1. The molecule has 2 amide bonds. The van der Waals surface area contributed by atoms with Crippen molar-refractivity contribution in [1.82, 2.24) is 10.2 Å². The molecule has 0 saturated carbocycles. The van der Waals surface area contributed by atoms with Crippen LogP contribution < -0.4 is 9.62 Å². The van der Waals surface area contributed by atoms with Crippen molar-refractivity contribution in [2.45, 2.75) is 60.0 Å². The number of carbonyl (C=O) groups is 2. The summed E-state index contributed by atoms with van der Waals surface area (Å²) in [4.78, 5) is 27.8. The van der Waals surface area contributed by atoms with Gasteiger partial charge in [-0.1, -0.05) is 49.2 Å². The summed E-state index contributed by atoms with van der Waals surface area (Å²) in [5.41, 5.74) is 4.19. The monoisotopic (exact) mass is 487 g/mol. The SMILES string of the molecule is CCCCNC(=O)C(C)N(Cc1ccc(C)cc1)C(=O)CN(c1cc(C)cc(C)c1)S(C)(=O)=O. The number of sulfonamides is 1. The summed E-state index contributed by atoms with van der Waals surface area (Å²) in [6.07, 6.45) is 2.88. The third-order valence-electron chi connectivity index (χ3n) is 5.64. The zero-order valence-electron chi connectivity index (χ0n) is 21.1. The first-order valence-corrected chi connectivity index (χ1v) is 13.5. The molecule has 0 aromatic heterocycles. The Kier molecular flexibility index (Phi) is 9.67. The predicted octanol–water partition coefficient (Wildman–Crippen LogP) is 3.71. The van der Waals surface area contributed by atoms with Crippen LogP contribution in [0.4, 0.5) is 5.69 Å².